The molecule has 1 unspecified atom stereocenters. The number of aliphatic hydroxyl groups is 1. The molecule has 0 saturated carbocycles. The van der Waals surface area contributed by atoms with Crippen LogP contribution in [-0.4, -0.2) is 53.5 Å². The number of carbonyl (C=O) groups is 2. The number of ether oxygens (including phenoxy) is 2. The number of methoxy groups -OCH3 is 1. The number of nitrogens with zero attached hydrogens (tertiary/aromatic N) is 2. The first kappa shape index (κ1) is 19.1. The highest BCUT2D eigenvalue weighted by Crippen LogP contribution is 2.39. The lowest BCUT2D eigenvalue weighted by molar-refractivity contribution is -0.140. The summed E-state index contributed by atoms with van der Waals surface area (Å²) in [5.41, 5.74) is 2.26. The second kappa shape index (κ2) is 8.05. The van der Waals surface area contributed by atoms with E-state index in [9.17, 15) is 14.7 Å². The van der Waals surface area contributed by atoms with Crippen molar-refractivity contribution in [2.45, 2.75) is 18.9 Å². The van der Waals surface area contributed by atoms with Crippen LogP contribution in [0.4, 0.5) is 0 Å². The Morgan fingerprint density at radius 3 is 2.83 bits per heavy atom. The normalized spacial score (nSPS) is 20.4. The Labute approximate surface area is 168 Å². The first-order valence-electron chi connectivity index (χ1n) is 9.55. The number of likely N-dealkylation sites (tertiary alicyclic amines) is 1. The van der Waals surface area contributed by atoms with Gasteiger partial charge >= 0.3 is 0 Å². The van der Waals surface area contributed by atoms with Crippen molar-refractivity contribution < 1.29 is 24.2 Å². The van der Waals surface area contributed by atoms with Crippen LogP contribution in [0.1, 0.15) is 29.2 Å². The van der Waals surface area contributed by atoms with E-state index in [2.05, 4.69) is 4.98 Å². The van der Waals surface area contributed by atoms with E-state index in [4.69, 9.17) is 9.47 Å². The van der Waals surface area contributed by atoms with Crippen molar-refractivity contribution in [2.75, 3.05) is 26.9 Å². The maximum Gasteiger partial charge on any atom is 0.295 e. The van der Waals surface area contributed by atoms with Crippen LogP contribution in [0, 0.1) is 0 Å². The van der Waals surface area contributed by atoms with E-state index < -0.39 is 17.7 Å². The Balaban J connectivity index is 1.82. The monoisotopic (exact) mass is 394 g/mol. The molecule has 1 aromatic carbocycles. The van der Waals surface area contributed by atoms with Crippen LogP contribution in [0.5, 0.6) is 5.75 Å². The third-order valence-corrected chi connectivity index (χ3v) is 5.28. The molecule has 0 aliphatic carbocycles. The smallest absolute Gasteiger partial charge is 0.295 e. The summed E-state index contributed by atoms with van der Waals surface area (Å²) in [6, 6.07) is 8.13. The lowest BCUT2D eigenvalue weighted by Crippen LogP contribution is -2.32. The van der Waals surface area contributed by atoms with Gasteiger partial charge in [0.2, 0.25) is 0 Å². The lowest BCUT2D eigenvalue weighted by Gasteiger charge is -2.25. The molecule has 1 fully saturated rings. The Morgan fingerprint density at radius 1 is 1.28 bits per heavy atom. The number of pyridine rings is 1. The number of aliphatic hydroxyl groups excluding tert-OH is 1. The van der Waals surface area contributed by atoms with Crippen molar-refractivity contribution in [1.29, 1.82) is 0 Å². The zero-order chi connectivity index (χ0) is 20.4. The maximum absolute atomic E-state index is 12.9. The number of ketones is 1. The van der Waals surface area contributed by atoms with Crippen molar-refractivity contribution in [3.63, 3.8) is 0 Å². The maximum atomic E-state index is 12.9. The van der Waals surface area contributed by atoms with Crippen molar-refractivity contribution >= 4 is 17.4 Å². The van der Waals surface area contributed by atoms with Gasteiger partial charge in [0.05, 0.1) is 24.8 Å². The Kier molecular flexibility index (Phi) is 5.31. The Morgan fingerprint density at radius 2 is 2.07 bits per heavy atom. The summed E-state index contributed by atoms with van der Waals surface area (Å²) in [6.07, 6.45) is 4.94. The zero-order valence-electron chi connectivity index (χ0n) is 16.1. The van der Waals surface area contributed by atoms with E-state index in [0.29, 0.717) is 17.7 Å². The number of Topliss-reactive ketones (excluding diaryl/α,β-unsaturated/α-hetero) is 1. The number of aryl methyl sites for hydroxylation is 1. The first-order valence-corrected chi connectivity index (χ1v) is 9.55. The van der Waals surface area contributed by atoms with Gasteiger partial charge in [0.25, 0.3) is 11.7 Å². The quantitative estimate of drug-likeness (QED) is 0.476. The fraction of sp³-hybridized carbons (Fsp3) is 0.318. The molecule has 4 rings (SSSR count). The number of aromatic nitrogens is 1. The summed E-state index contributed by atoms with van der Waals surface area (Å²) < 4.78 is 10.7. The van der Waals surface area contributed by atoms with Gasteiger partial charge < -0.3 is 19.5 Å². The van der Waals surface area contributed by atoms with Gasteiger partial charge in [-0.05, 0) is 54.3 Å². The molecule has 150 valence electrons. The third-order valence-electron chi connectivity index (χ3n) is 5.28. The van der Waals surface area contributed by atoms with Gasteiger partial charge in [0.15, 0.2) is 0 Å². The molecule has 2 aliphatic heterocycles. The fourth-order valence-electron chi connectivity index (χ4n) is 3.86. The van der Waals surface area contributed by atoms with Gasteiger partial charge in [-0.3, -0.25) is 14.6 Å². The summed E-state index contributed by atoms with van der Waals surface area (Å²) in [5.74, 6) is -0.737. The first-order chi connectivity index (χ1) is 14.1. The SMILES string of the molecule is COCCN1C(=O)C(=O)/C(=C(\O)c2ccc3c(c2)CCCO3)C1c1ccncc1. The highest BCUT2D eigenvalue weighted by atomic mass is 16.5. The number of hydrogen-bond donors (Lipinski definition) is 1. The predicted octanol–water partition coefficient (Wildman–Crippen LogP) is 2.47. The van der Waals surface area contributed by atoms with E-state index in [0.717, 1.165) is 24.2 Å². The van der Waals surface area contributed by atoms with Gasteiger partial charge in [-0.25, -0.2) is 0 Å². The molecule has 29 heavy (non-hydrogen) atoms. The molecular formula is C22H22N2O5. The van der Waals surface area contributed by atoms with Crippen molar-refractivity contribution in [3.8, 4) is 5.75 Å². The number of benzene rings is 1. The van der Waals surface area contributed by atoms with Crippen LogP contribution in [0.15, 0.2) is 48.3 Å². The molecule has 7 nitrogen and oxygen atoms in total. The van der Waals surface area contributed by atoms with Crippen LogP contribution in [0.2, 0.25) is 0 Å². The van der Waals surface area contributed by atoms with Crippen LogP contribution < -0.4 is 4.74 Å². The minimum absolute atomic E-state index is 0.0778. The topological polar surface area (TPSA) is 89.0 Å². The lowest BCUT2D eigenvalue weighted by atomic mass is 9.94. The number of carbonyl (C=O) groups excluding carboxylic acids is 2. The number of rotatable bonds is 5. The minimum atomic E-state index is -0.700. The van der Waals surface area contributed by atoms with Crippen molar-refractivity contribution in [3.05, 3.63) is 65.0 Å². The van der Waals surface area contributed by atoms with E-state index in [-0.39, 0.29) is 24.5 Å². The van der Waals surface area contributed by atoms with E-state index in [1.54, 1.807) is 36.7 Å². The summed E-state index contributed by atoms with van der Waals surface area (Å²) in [5, 5.41) is 11.1. The molecule has 1 aromatic heterocycles. The highest BCUT2D eigenvalue weighted by Gasteiger charge is 2.45. The van der Waals surface area contributed by atoms with Crippen molar-refractivity contribution in [1.82, 2.24) is 9.88 Å². The summed E-state index contributed by atoms with van der Waals surface area (Å²) >= 11 is 0. The van der Waals surface area contributed by atoms with E-state index >= 15 is 0 Å². The van der Waals surface area contributed by atoms with Crippen LogP contribution in [-0.2, 0) is 20.7 Å². The summed E-state index contributed by atoms with van der Waals surface area (Å²) in [7, 11) is 1.53. The van der Waals surface area contributed by atoms with Crippen molar-refractivity contribution in [2.24, 2.45) is 0 Å². The minimum Gasteiger partial charge on any atom is -0.507 e. The third kappa shape index (κ3) is 3.49. The van der Waals surface area contributed by atoms with Gasteiger partial charge in [0.1, 0.15) is 11.5 Å². The number of hydrogen-bond acceptors (Lipinski definition) is 6. The average molecular weight is 394 g/mol. The largest absolute Gasteiger partial charge is 0.507 e. The van der Waals surface area contributed by atoms with Crippen LogP contribution >= 0.6 is 0 Å². The standard InChI is InChI=1S/C22H22N2O5/c1-28-12-10-24-19(14-6-8-23-9-7-14)18(21(26)22(24)27)20(25)16-4-5-17-15(13-16)3-2-11-29-17/h4-9,13,19,25H,2-3,10-12H2,1H3/b20-18-. The Hall–Kier alpha value is -3.19. The second-order valence-corrected chi connectivity index (χ2v) is 7.04. The molecule has 3 heterocycles. The highest BCUT2D eigenvalue weighted by molar-refractivity contribution is 6.46. The Bertz CT molecular complexity index is 970. The van der Waals surface area contributed by atoms with E-state index in [1.807, 2.05) is 6.07 Å². The molecule has 1 amide bonds. The molecule has 2 aliphatic rings. The molecular weight excluding hydrogens is 372 g/mol. The predicted molar refractivity (Wildman–Crippen MR) is 105 cm³/mol. The molecule has 1 N–H and O–H groups in total. The second-order valence-electron chi connectivity index (χ2n) is 7.04. The summed E-state index contributed by atoms with van der Waals surface area (Å²) in [4.78, 5) is 31.0. The molecule has 0 spiro atoms. The number of fused-ring (bicyclic) bond motifs is 1. The van der Waals surface area contributed by atoms with Gasteiger partial charge in [-0.1, -0.05) is 0 Å². The molecule has 1 atom stereocenters. The molecule has 7 heteroatoms. The van der Waals surface area contributed by atoms with Gasteiger partial charge in [0, 0.05) is 31.6 Å². The van der Waals surface area contributed by atoms with Crippen LogP contribution in [0.25, 0.3) is 5.76 Å². The molecule has 2 aromatic rings. The molecule has 0 bridgehead atoms. The van der Waals surface area contributed by atoms with E-state index in [1.165, 1.54) is 12.0 Å². The average Bonchev–Trinajstić information content (AvgIpc) is 3.02. The fourth-order valence-corrected chi connectivity index (χ4v) is 3.86. The molecule has 0 radical (unpaired) electrons. The van der Waals surface area contributed by atoms with Gasteiger partial charge in [-0.15, -0.1) is 0 Å². The zero-order valence-corrected chi connectivity index (χ0v) is 16.1. The summed E-state index contributed by atoms with van der Waals surface area (Å²) in [6.45, 7) is 1.19. The number of amides is 1. The van der Waals surface area contributed by atoms with Crippen LogP contribution in [0.3, 0.4) is 0 Å². The molecule has 1 saturated heterocycles. The van der Waals surface area contributed by atoms with Gasteiger partial charge in [-0.2, -0.15) is 0 Å².